The number of hydrogen-bond acceptors (Lipinski definition) is 7. The van der Waals surface area contributed by atoms with Crippen molar-refractivity contribution in [2.75, 3.05) is 32.2 Å². The van der Waals surface area contributed by atoms with E-state index in [1.54, 1.807) is 27.9 Å². The van der Waals surface area contributed by atoms with E-state index in [0.717, 1.165) is 22.9 Å². The predicted octanol–water partition coefficient (Wildman–Crippen LogP) is 3.11. The summed E-state index contributed by atoms with van der Waals surface area (Å²) in [6, 6.07) is 9.49. The molecule has 2 heterocycles. The Labute approximate surface area is 218 Å². The van der Waals surface area contributed by atoms with Crippen molar-refractivity contribution < 1.29 is 28.2 Å². The van der Waals surface area contributed by atoms with Gasteiger partial charge < -0.3 is 14.4 Å². The highest BCUT2D eigenvalue weighted by atomic mass is 35.5. The summed E-state index contributed by atoms with van der Waals surface area (Å²) in [5.74, 6) is -2.18. The molecule has 1 amide bonds. The molecule has 0 unspecified atom stereocenters. The standard InChI is InChI=1S/C26H26ClFN4O5/c1-30-23-10-18-8-20(27)6-7-22(18)32(13-19(23)11-29-30)26(35)16-4-5-17(21(28)9-16)12-31(14-24(33)36-2)15-25(34)37-3/h4-9,11H,10,12-15H2,1-3H3. The van der Waals surface area contributed by atoms with Crippen LogP contribution in [0.1, 0.15) is 32.7 Å². The smallest absolute Gasteiger partial charge is 0.319 e. The summed E-state index contributed by atoms with van der Waals surface area (Å²) in [5, 5.41) is 4.87. The minimum absolute atomic E-state index is 0.0609. The molecule has 11 heteroatoms. The van der Waals surface area contributed by atoms with Crippen molar-refractivity contribution in [1.82, 2.24) is 14.7 Å². The van der Waals surface area contributed by atoms with Crippen LogP contribution in [0.2, 0.25) is 5.02 Å². The maximum atomic E-state index is 15.2. The zero-order valence-corrected chi connectivity index (χ0v) is 21.4. The Morgan fingerprint density at radius 1 is 1.05 bits per heavy atom. The summed E-state index contributed by atoms with van der Waals surface area (Å²) < 4.78 is 26.3. The Morgan fingerprint density at radius 3 is 2.41 bits per heavy atom. The van der Waals surface area contributed by atoms with Crippen LogP contribution in [-0.2, 0) is 45.6 Å². The first kappa shape index (κ1) is 26.3. The number of amides is 1. The van der Waals surface area contributed by atoms with E-state index in [9.17, 15) is 14.4 Å². The first-order chi connectivity index (χ1) is 17.7. The SMILES string of the molecule is COC(=O)CN(CC(=O)OC)Cc1ccc(C(=O)N2Cc3cnn(C)c3Cc3cc(Cl)ccc32)cc1F. The molecular formula is C26H26ClFN4O5. The molecule has 1 aliphatic heterocycles. The number of ether oxygens (including phenoxy) is 2. The van der Waals surface area contributed by atoms with Crippen LogP contribution in [0.3, 0.4) is 0 Å². The molecule has 4 rings (SSSR count). The molecule has 1 aliphatic rings. The number of aryl methyl sites for hydroxylation is 1. The zero-order chi connectivity index (χ0) is 26.7. The van der Waals surface area contributed by atoms with Crippen LogP contribution in [0.25, 0.3) is 0 Å². The van der Waals surface area contributed by atoms with Crippen LogP contribution in [0.15, 0.2) is 42.6 Å². The molecule has 2 aromatic carbocycles. The number of rotatable bonds is 7. The van der Waals surface area contributed by atoms with Crippen molar-refractivity contribution in [2.45, 2.75) is 19.5 Å². The number of anilines is 1. The van der Waals surface area contributed by atoms with Crippen LogP contribution in [0.4, 0.5) is 10.1 Å². The summed E-state index contributed by atoms with van der Waals surface area (Å²) >= 11 is 6.24. The molecule has 1 aromatic heterocycles. The lowest BCUT2D eigenvalue weighted by Crippen LogP contribution is -2.35. The van der Waals surface area contributed by atoms with E-state index in [1.165, 1.54) is 31.3 Å². The van der Waals surface area contributed by atoms with E-state index in [0.29, 0.717) is 17.1 Å². The predicted molar refractivity (Wildman–Crippen MR) is 134 cm³/mol. The third-order valence-corrected chi connectivity index (χ3v) is 6.50. The van der Waals surface area contributed by atoms with E-state index in [2.05, 4.69) is 14.6 Å². The Kier molecular flexibility index (Phi) is 7.89. The highest BCUT2D eigenvalue weighted by Crippen LogP contribution is 2.33. The fourth-order valence-electron chi connectivity index (χ4n) is 4.31. The number of halogens is 2. The van der Waals surface area contributed by atoms with Crippen molar-refractivity contribution in [3.63, 3.8) is 0 Å². The Morgan fingerprint density at radius 2 is 1.76 bits per heavy atom. The third kappa shape index (κ3) is 5.81. The molecule has 0 saturated heterocycles. The van der Waals surface area contributed by atoms with Crippen molar-refractivity contribution in [3.05, 3.63) is 81.4 Å². The molecule has 37 heavy (non-hydrogen) atoms. The first-order valence-corrected chi connectivity index (χ1v) is 11.8. The molecule has 0 fully saturated rings. The lowest BCUT2D eigenvalue weighted by molar-refractivity contribution is -0.145. The van der Waals surface area contributed by atoms with Gasteiger partial charge in [-0.1, -0.05) is 17.7 Å². The lowest BCUT2D eigenvalue weighted by atomic mass is 10.1. The molecular weight excluding hydrogens is 503 g/mol. The van der Waals surface area contributed by atoms with Crippen LogP contribution in [-0.4, -0.2) is 59.8 Å². The quantitative estimate of drug-likeness (QED) is 0.435. The number of hydrogen-bond donors (Lipinski definition) is 0. The summed E-state index contributed by atoms with van der Waals surface area (Å²) in [4.78, 5) is 40.1. The summed E-state index contributed by atoms with van der Waals surface area (Å²) in [6.07, 6.45) is 2.28. The van der Waals surface area contributed by atoms with E-state index >= 15 is 4.39 Å². The lowest BCUT2D eigenvalue weighted by Gasteiger charge is -2.24. The van der Waals surface area contributed by atoms with Gasteiger partial charge in [0.1, 0.15) is 5.82 Å². The largest absolute Gasteiger partial charge is 0.468 e. The normalized spacial score (nSPS) is 12.5. The summed E-state index contributed by atoms with van der Waals surface area (Å²) in [5.41, 5.74) is 3.78. The monoisotopic (exact) mass is 528 g/mol. The number of esters is 2. The van der Waals surface area contributed by atoms with Crippen molar-refractivity contribution in [3.8, 4) is 0 Å². The number of aromatic nitrogens is 2. The van der Waals surface area contributed by atoms with Gasteiger partial charge in [-0.3, -0.25) is 24.0 Å². The van der Waals surface area contributed by atoms with Gasteiger partial charge in [0, 0.05) is 53.1 Å². The van der Waals surface area contributed by atoms with Crippen LogP contribution in [0.5, 0.6) is 0 Å². The second-order valence-electron chi connectivity index (χ2n) is 8.68. The second-order valence-corrected chi connectivity index (χ2v) is 9.12. The van der Waals surface area contributed by atoms with Gasteiger partial charge in [0.05, 0.1) is 40.1 Å². The number of nitrogens with zero attached hydrogens (tertiary/aromatic N) is 4. The molecule has 194 valence electrons. The fourth-order valence-corrected chi connectivity index (χ4v) is 4.51. The van der Waals surface area contributed by atoms with Crippen LogP contribution < -0.4 is 4.90 Å². The number of benzene rings is 2. The van der Waals surface area contributed by atoms with Crippen molar-refractivity contribution in [2.24, 2.45) is 7.05 Å². The average molecular weight is 529 g/mol. The Hall–Kier alpha value is -3.76. The molecule has 0 bridgehead atoms. The van der Waals surface area contributed by atoms with Crippen molar-refractivity contribution >= 4 is 35.1 Å². The highest BCUT2D eigenvalue weighted by molar-refractivity contribution is 6.30. The van der Waals surface area contributed by atoms with Crippen molar-refractivity contribution in [1.29, 1.82) is 0 Å². The van der Waals surface area contributed by atoms with Crippen LogP contribution in [0, 0.1) is 5.82 Å². The summed E-state index contributed by atoms with van der Waals surface area (Å²) in [6.45, 7) is -0.251. The maximum absolute atomic E-state index is 15.2. The Bertz CT molecular complexity index is 1340. The van der Waals surface area contributed by atoms with Gasteiger partial charge in [0.25, 0.3) is 5.91 Å². The van der Waals surface area contributed by atoms with Gasteiger partial charge in [0.2, 0.25) is 0 Å². The van der Waals surface area contributed by atoms with Gasteiger partial charge >= 0.3 is 11.9 Å². The van der Waals surface area contributed by atoms with E-state index in [-0.39, 0.29) is 43.2 Å². The third-order valence-electron chi connectivity index (χ3n) is 6.27. The van der Waals surface area contributed by atoms with Gasteiger partial charge in [-0.15, -0.1) is 0 Å². The Balaban J connectivity index is 1.62. The zero-order valence-electron chi connectivity index (χ0n) is 20.7. The molecule has 0 atom stereocenters. The van der Waals surface area contributed by atoms with E-state index in [4.69, 9.17) is 11.6 Å². The average Bonchev–Trinajstić information content (AvgIpc) is 3.12. The molecule has 0 saturated carbocycles. The topological polar surface area (TPSA) is 94.0 Å². The van der Waals surface area contributed by atoms with Gasteiger partial charge in [0.15, 0.2) is 0 Å². The summed E-state index contributed by atoms with van der Waals surface area (Å²) in [7, 11) is 4.30. The minimum atomic E-state index is -0.640. The molecule has 0 aliphatic carbocycles. The number of methoxy groups -OCH3 is 2. The fraction of sp³-hybridized carbons (Fsp3) is 0.308. The van der Waals surface area contributed by atoms with Gasteiger partial charge in [-0.05, 0) is 35.9 Å². The van der Waals surface area contributed by atoms with Crippen LogP contribution >= 0.6 is 11.6 Å². The molecule has 0 N–H and O–H groups in total. The number of carbonyl (C=O) groups is 3. The molecule has 0 radical (unpaired) electrons. The maximum Gasteiger partial charge on any atom is 0.319 e. The van der Waals surface area contributed by atoms with E-state index in [1.807, 2.05) is 13.1 Å². The first-order valence-electron chi connectivity index (χ1n) is 11.4. The molecule has 3 aromatic rings. The second kappa shape index (κ2) is 11.1. The number of carbonyl (C=O) groups excluding carboxylic acids is 3. The van der Waals surface area contributed by atoms with Gasteiger partial charge in [-0.2, -0.15) is 5.10 Å². The molecule has 0 spiro atoms. The van der Waals surface area contributed by atoms with Gasteiger partial charge in [-0.25, -0.2) is 4.39 Å². The number of fused-ring (bicyclic) bond motifs is 2. The minimum Gasteiger partial charge on any atom is -0.468 e. The van der Waals surface area contributed by atoms with E-state index < -0.39 is 17.8 Å². The highest BCUT2D eigenvalue weighted by Gasteiger charge is 2.28. The molecule has 9 nitrogen and oxygen atoms in total.